The Morgan fingerprint density at radius 3 is 2.58 bits per heavy atom. The van der Waals surface area contributed by atoms with Crippen LogP contribution in [0, 0.1) is 0 Å². The first-order valence-corrected chi connectivity index (χ1v) is 3.67. The quantitative estimate of drug-likeness (QED) is 0.409. The Balaban J connectivity index is 2.80. The number of rotatable bonds is 2. The molecule has 1 aliphatic heterocycles. The summed E-state index contributed by atoms with van der Waals surface area (Å²) in [7, 11) is 0. The van der Waals surface area contributed by atoms with Crippen molar-refractivity contribution in [1.82, 2.24) is 0 Å². The van der Waals surface area contributed by atoms with E-state index in [0.717, 1.165) is 0 Å². The standard InChI is InChI=1S/C6H9NO4S/c7-3-4(10)5(2(9)1-8)11-6(3)12/h2,5,8-10H,1,7H2. The lowest BCUT2D eigenvalue weighted by Gasteiger charge is -2.15. The predicted octanol–water partition coefficient (Wildman–Crippen LogP) is -1.21. The first-order chi connectivity index (χ1) is 5.57. The predicted molar refractivity (Wildman–Crippen MR) is 44.4 cm³/mol. The van der Waals surface area contributed by atoms with Gasteiger partial charge in [-0.3, -0.25) is 0 Å². The molecule has 0 saturated heterocycles. The van der Waals surface area contributed by atoms with Gasteiger partial charge in [0.1, 0.15) is 11.8 Å². The molecule has 0 radical (unpaired) electrons. The van der Waals surface area contributed by atoms with Crippen molar-refractivity contribution in [3.05, 3.63) is 11.5 Å². The van der Waals surface area contributed by atoms with Crippen LogP contribution in [-0.2, 0) is 4.74 Å². The molecule has 6 heteroatoms. The lowest BCUT2D eigenvalue weighted by atomic mass is 10.2. The summed E-state index contributed by atoms with van der Waals surface area (Å²) < 4.78 is 4.81. The number of aliphatic hydroxyl groups is 3. The summed E-state index contributed by atoms with van der Waals surface area (Å²) >= 11 is 4.61. The van der Waals surface area contributed by atoms with Gasteiger partial charge in [-0.2, -0.15) is 0 Å². The van der Waals surface area contributed by atoms with Gasteiger partial charge in [-0.15, -0.1) is 0 Å². The monoisotopic (exact) mass is 191 g/mol. The highest BCUT2D eigenvalue weighted by Gasteiger charge is 2.34. The first-order valence-electron chi connectivity index (χ1n) is 3.26. The Morgan fingerprint density at radius 2 is 2.25 bits per heavy atom. The normalized spacial score (nSPS) is 25.8. The topological polar surface area (TPSA) is 95.9 Å². The van der Waals surface area contributed by atoms with Crippen LogP contribution in [0.4, 0.5) is 0 Å². The van der Waals surface area contributed by atoms with Crippen LogP contribution in [0.2, 0.25) is 0 Å². The average molecular weight is 191 g/mol. The van der Waals surface area contributed by atoms with Gasteiger partial charge in [-0.1, -0.05) is 0 Å². The maximum atomic E-state index is 9.20. The van der Waals surface area contributed by atoms with E-state index in [-0.39, 0.29) is 16.5 Å². The SMILES string of the molecule is NC1=C(O)C(C(O)CO)OC1=S. The van der Waals surface area contributed by atoms with Crippen molar-refractivity contribution in [2.24, 2.45) is 5.73 Å². The van der Waals surface area contributed by atoms with Crippen molar-refractivity contribution in [1.29, 1.82) is 0 Å². The molecule has 0 aromatic heterocycles. The Labute approximate surface area is 74.1 Å². The van der Waals surface area contributed by atoms with Gasteiger partial charge in [0.15, 0.2) is 11.9 Å². The summed E-state index contributed by atoms with van der Waals surface area (Å²) in [5.41, 5.74) is 5.22. The summed E-state index contributed by atoms with van der Waals surface area (Å²) in [6, 6.07) is 0. The van der Waals surface area contributed by atoms with Crippen LogP contribution < -0.4 is 5.73 Å². The van der Waals surface area contributed by atoms with Crippen molar-refractivity contribution >= 4 is 17.3 Å². The first kappa shape index (κ1) is 9.24. The van der Waals surface area contributed by atoms with Gasteiger partial charge in [0, 0.05) is 0 Å². The fourth-order valence-electron chi connectivity index (χ4n) is 0.849. The second-order valence-corrected chi connectivity index (χ2v) is 2.75. The zero-order chi connectivity index (χ0) is 9.30. The summed E-state index contributed by atoms with van der Waals surface area (Å²) in [5.74, 6) is -0.318. The highest BCUT2D eigenvalue weighted by molar-refractivity contribution is 7.80. The van der Waals surface area contributed by atoms with Crippen LogP contribution in [0.3, 0.4) is 0 Å². The van der Waals surface area contributed by atoms with Gasteiger partial charge in [0.25, 0.3) is 0 Å². The molecule has 2 unspecified atom stereocenters. The summed E-state index contributed by atoms with van der Waals surface area (Å²) in [4.78, 5) is 0. The Bertz CT molecular complexity index is 240. The van der Waals surface area contributed by atoms with Gasteiger partial charge in [0.05, 0.1) is 6.61 Å². The van der Waals surface area contributed by atoms with E-state index in [1.165, 1.54) is 0 Å². The van der Waals surface area contributed by atoms with Crippen molar-refractivity contribution in [3.63, 3.8) is 0 Å². The van der Waals surface area contributed by atoms with E-state index >= 15 is 0 Å². The fourth-order valence-corrected chi connectivity index (χ4v) is 1.06. The molecule has 0 fully saturated rings. The highest BCUT2D eigenvalue weighted by Crippen LogP contribution is 2.20. The molecular weight excluding hydrogens is 182 g/mol. The molecule has 5 N–H and O–H groups in total. The maximum Gasteiger partial charge on any atom is 0.211 e. The molecular formula is C6H9NO4S. The van der Waals surface area contributed by atoms with Gasteiger partial charge in [-0.05, 0) is 12.2 Å². The van der Waals surface area contributed by atoms with Crippen molar-refractivity contribution < 1.29 is 20.1 Å². The van der Waals surface area contributed by atoms with E-state index in [0.29, 0.717) is 0 Å². The maximum absolute atomic E-state index is 9.20. The molecule has 0 bridgehead atoms. The zero-order valence-electron chi connectivity index (χ0n) is 6.10. The van der Waals surface area contributed by atoms with E-state index in [4.69, 9.17) is 20.7 Å². The van der Waals surface area contributed by atoms with E-state index < -0.39 is 18.8 Å². The van der Waals surface area contributed by atoms with Crippen LogP contribution in [0.25, 0.3) is 0 Å². The third-order valence-electron chi connectivity index (χ3n) is 1.54. The molecule has 1 aliphatic rings. The van der Waals surface area contributed by atoms with Crippen LogP contribution >= 0.6 is 12.2 Å². The molecule has 0 amide bonds. The highest BCUT2D eigenvalue weighted by atomic mass is 32.1. The van der Waals surface area contributed by atoms with Gasteiger partial charge in [-0.25, -0.2) is 0 Å². The summed E-state index contributed by atoms with van der Waals surface area (Å²) in [6.45, 7) is -0.523. The molecule has 0 spiro atoms. The fraction of sp³-hybridized carbons (Fsp3) is 0.500. The third kappa shape index (κ3) is 1.36. The van der Waals surface area contributed by atoms with Crippen LogP contribution in [0.1, 0.15) is 0 Å². The smallest absolute Gasteiger partial charge is 0.211 e. The van der Waals surface area contributed by atoms with Gasteiger partial charge < -0.3 is 25.8 Å². The number of hydrogen-bond donors (Lipinski definition) is 4. The van der Waals surface area contributed by atoms with Crippen molar-refractivity contribution in [2.75, 3.05) is 6.61 Å². The Kier molecular flexibility index (Phi) is 2.51. The number of ether oxygens (including phenoxy) is 1. The number of aliphatic hydroxyl groups excluding tert-OH is 3. The molecule has 5 nitrogen and oxygen atoms in total. The average Bonchev–Trinajstić information content (AvgIpc) is 2.32. The van der Waals surface area contributed by atoms with E-state index in [1.54, 1.807) is 0 Å². The number of thiocarbonyl (C=S) groups is 1. The molecule has 12 heavy (non-hydrogen) atoms. The van der Waals surface area contributed by atoms with Crippen molar-refractivity contribution in [3.8, 4) is 0 Å². The second-order valence-electron chi connectivity index (χ2n) is 2.37. The van der Waals surface area contributed by atoms with Gasteiger partial charge >= 0.3 is 0 Å². The lowest BCUT2D eigenvalue weighted by Crippen LogP contribution is -2.31. The lowest BCUT2D eigenvalue weighted by molar-refractivity contribution is 0.00175. The number of hydrogen-bond acceptors (Lipinski definition) is 6. The molecule has 68 valence electrons. The zero-order valence-corrected chi connectivity index (χ0v) is 6.91. The molecule has 0 saturated carbocycles. The minimum Gasteiger partial charge on any atom is -0.506 e. The molecule has 1 heterocycles. The molecule has 0 aliphatic carbocycles. The molecule has 1 rings (SSSR count). The largest absolute Gasteiger partial charge is 0.506 e. The van der Waals surface area contributed by atoms with Crippen LogP contribution in [0.15, 0.2) is 11.5 Å². The molecule has 0 aromatic carbocycles. The Morgan fingerprint density at radius 1 is 1.67 bits per heavy atom. The van der Waals surface area contributed by atoms with E-state index in [1.807, 2.05) is 0 Å². The van der Waals surface area contributed by atoms with Crippen molar-refractivity contribution in [2.45, 2.75) is 12.2 Å². The van der Waals surface area contributed by atoms with E-state index in [9.17, 15) is 5.11 Å². The second kappa shape index (κ2) is 3.26. The Hall–Kier alpha value is -0.850. The molecule has 2 atom stereocenters. The summed E-state index contributed by atoms with van der Waals surface area (Å²) in [5, 5.41) is 26.8. The summed E-state index contributed by atoms with van der Waals surface area (Å²) in [6.07, 6.45) is -2.23. The van der Waals surface area contributed by atoms with Crippen LogP contribution in [0.5, 0.6) is 0 Å². The van der Waals surface area contributed by atoms with Gasteiger partial charge in [0.2, 0.25) is 5.05 Å². The minimum atomic E-state index is -1.20. The number of nitrogens with two attached hydrogens (primary N) is 1. The van der Waals surface area contributed by atoms with E-state index in [2.05, 4.69) is 12.2 Å². The third-order valence-corrected chi connectivity index (χ3v) is 1.85. The molecule has 0 aromatic rings. The van der Waals surface area contributed by atoms with Crippen LogP contribution in [-0.4, -0.2) is 39.2 Å². The minimum absolute atomic E-state index is 0.0509.